The highest BCUT2D eigenvalue weighted by atomic mass is 79.9. The minimum absolute atomic E-state index is 0.0527. The molecular formula is C14H13BrN2O3. The van der Waals surface area contributed by atoms with Crippen molar-refractivity contribution in [2.45, 2.75) is 18.9 Å². The van der Waals surface area contributed by atoms with E-state index in [9.17, 15) is 9.59 Å². The fourth-order valence-corrected chi connectivity index (χ4v) is 2.91. The van der Waals surface area contributed by atoms with Gasteiger partial charge in [0, 0.05) is 16.9 Å². The smallest absolute Gasteiger partial charge is 0.323 e. The second-order valence-corrected chi connectivity index (χ2v) is 5.71. The Labute approximate surface area is 123 Å². The normalized spacial score (nSPS) is 14.4. The van der Waals surface area contributed by atoms with E-state index in [1.54, 1.807) is 0 Å². The summed E-state index contributed by atoms with van der Waals surface area (Å²) in [7, 11) is 0. The molecular weight excluding hydrogens is 324 g/mol. The van der Waals surface area contributed by atoms with Crippen molar-refractivity contribution >= 4 is 38.7 Å². The van der Waals surface area contributed by atoms with Gasteiger partial charge in [0.25, 0.3) is 5.91 Å². The second-order valence-electron chi connectivity index (χ2n) is 4.92. The number of fused-ring (bicyclic) bond motifs is 1. The highest BCUT2D eigenvalue weighted by molar-refractivity contribution is 9.10. The van der Waals surface area contributed by atoms with Crippen LogP contribution in [0.2, 0.25) is 0 Å². The van der Waals surface area contributed by atoms with Crippen LogP contribution in [0.15, 0.2) is 28.7 Å². The van der Waals surface area contributed by atoms with E-state index in [-0.39, 0.29) is 18.5 Å². The highest BCUT2D eigenvalue weighted by Gasteiger charge is 2.35. The predicted octanol–water partition coefficient (Wildman–Crippen LogP) is 2.62. The molecule has 0 unspecified atom stereocenters. The molecule has 6 heteroatoms. The molecule has 1 saturated carbocycles. The number of H-pyrrole nitrogens is 1. The first-order chi connectivity index (χ1) is 9.58. The van der Waals surface area contributed by atoms with Gasteiger partial charge in [-0.3, -0.25) is 9.59 Å². The zero-order valence-corrected chi connectivity index (χ0v) is 12.2. The van der Waals surface area contributed by atoms with E-state index >= 15 is 0 Å². The third kappa shape index (κ3) is 2.31. The molecule has 5 nitrogen and oxygen atoms in total. The molecule has 1 aromatic heterocycles. The number of halogens is 1. The minimum atomic E-state index is -0.988. The third-order valence-corrected chi connectivity index (χ3v) is 4.23. The maximum atomic E-state index is 12.6. The zero-order valence-electron chi connectivity index (χ0n) is 10.6. The lowest BCUT2D eigenvalue weighted by molar-refractivity contribution is -0.137. The number of benzene rings is 1. The molecule has 104 valence electrons. The molecule has 1 aliphatic rings. The molecule has 0 bridgehead atoms. The van der Waals surface area contributed by atoms with Crippen LogP contribution in [0, 0.1) is 0 Å². The summed E-state index contributed by atoms with van der Waals surface area (Å²) in [6.45, 7) is -0.259. The van der Waals surface area contributed by atoms with Gasteiger partial charge in [-0.25, -0.2) is 0 Å². The van der Waals surface area contributed by atoms with Crippen LogP contribution in [0.25, 0.3) is 10.9 Å². The first-order valence-electron chi connectivity index (χ1n) is 6.37. The SMILES string of the molecule is O=C(O)CN(C(=O)c1[nH]c2ccccc2c1Br)C1CC1. The standard InChI is InChI=1S/C14H13BrN2O3/c15-12-9-3-1-2-4-10(9)16-13(12)14(20)17(7-11(18)19)8-5-6-8/h1-4,8,16H,5-7H2,(H,18,19). The van der Waals surface area contributed by atoms with E-state index in [4.69, 9.17) is 5.11 Å². The van der Waals surface area contributed by atoms with Crippen molar-refractivity contribution in [1.29, 1.82) is 0 Å². The van der Waals surface area contributed by atoms with Gasteiger partial charge in [0.2, 0.25) is 0 Å². The molecule has 1 fully saturated rings. The number of carbonyl (C=O) groups is 2. The number of hydrogen-bond donors (Lipinski definition) is 2. The van der Waals surface area contributed by atoms with Crippen molar-refractivity contribution in [1.82, 2.24) is 9.88 Å². The summed E-state index contributed by atoms with van der Waals surface area (Å²) in [4.78, 5) is 28.0. The quantitative estimate of drug-likeness (QED) is 0.901. The fourth-order valence-electron chi connectivity index (χ4n) is 2.30. The van der Waals surface area contributed by atoms with Crippen LogP contribution >= 0.6 is 15.9 Å². The Morgan fingerprint density at radius 1 is 1.35 bits per heavy atom. The summed E-state index contributed by atoms with van der Waals surface area (Å²) in [5.74, 6) is -1.25. The number of carboxylic acids is 1. The molecule has 0 saturated heterocycles. The lowest BCUT2D eigenvalue weighted by Gasteiger charge is -2.19. The molecule has 1 aliphatic carbocycles. The van der Waals surface area contributed by atoms with Crippen LogP contribution < -0.4 is 0 Å². The first-order valence-corrected chi connectivity index (χ1v) is 7.16. The second kappa shape index (κ2) is 4.94. The van der Waals surface area contributed by atoms with Crippen LogP contribution in [0.3, 0.4) is 0 Å². The lowest BCUT2D eigenvalue weighted by Crippen LogP contribution is -2.37. The fraction of sp³-hybridized carbons (Fsp3) is 0.286. The molecule has 1 heterocycles. The Hall–Kier alpha value is -1.82. The van der Waals surface area contributed by atoms with E-state index in [0.29, 0.717) is 10.2 Å². The average molecular weight is 337 g/mol. The molecule has 20 heavy (non-hydrogen) atoms. The highest BCUT2D eigenvalue weighted by Crippen LogP contribution is 2.32. The van der Waals surface area contributed by atoms with Gasteiger partial charge in [0.1, 0.15) is 12.2 Å². The van der Waals surface area contributed by atoms with Crippen molar-refractivity contribution in [3.8, 4) is 0 Å². The van der Waals surface area contributed by atoms with E-state index in [2.05, 4.69) is 20.9 Å². The Kier molecular flexibility index (Phi) is 3.25. The van der Waals surface area contributed by atoms with Gasteiger partial charge >= 0.3 is 5.97 Å². The molecule has 0 radical (unpaired) electrons. The average Bonchev–Trinajstić information content (AvgIpc) is 3.20. The molecule has 0 aliphatic heterocycles. The van der Waals surface area contributed by atoms with Gasteiger partial charge in [-0.05, 0) is 34.8 Å². The van der Waals surface area contributed by atoms with Gasteiger partial charge in [-0.15, -0.1) is 0 Å². The summed E-state index contributed by atoms with van der Waals surface area (Å²) >= 11 is 3.43. The zero-order chi connectivity index (χ0) is 14.3. The summed E-state index contributed by atoms with van der Waals surface area (Å²) in [6, 6.07) is 7.62. The van der Waals surface area contributed by atoms with Crippen molar-refractivity contribution in [2.75, 3.05) is 6.54 Å². The molecule has 1 amide bonds. The number of aromatic amines is 1. The maximum Gasteiger partial charge on any atom is 0.323 e. The molecule has 0 spiro atoms. The number of para-hydroxylation sites is 1. The van der Waals surface area contributed by atoms with Crippen LogP contribution in [-0.4, -0.2) is 39.5 Å². The van der Waals surface area contributed by atoms with Crippen molar-refractivity contribution in [3.63, 3.8) is 0 Å². The molecule has 1 aromatic carbocycles. The van der Waals surface area contributed by atoms with Crippen LogP contribution in [-0.2, 0) is 4.79 Å². The van der Waals surface area contributed by atoms with Gasteiger partial charge in [0.15, 0.2) is 0 Å². The van der Waals surface area contributed by atoms with Gasteiger partial charge in [-0.2, -0.15) is 0 Å². The number of carboxylic acid groups (broad SMARTS) is 1. The van der Waals surface area contributed by atoms with Crippen LogP contribution in [0.5, 0.6) is 0 Å². The topological polar surface area (TPSA) is 73.4 Å². The Morgan fingerprint density at radius 3 is 2.65 bits per heavy atom. The Morgan fingerprint density at radius 2 is 2.05 bits per heavy atom. The predicted molar refractivity (Wildman–Crippen MR) is 77.7 cm³/mol. The van der Waals surface area contributed by atoms with Crippen molar-refractivity contribution in [2.24, 2.45) is 0 Å². The number of rotatable bonds is 4. The van der Waals surface area contributed by atoms with Crippen molar-refractivity contribution in [3.05, 3.63) is 34.4 Å². The third-order valence-electron chi connectivity index (χ3n) is 3.41. The van der Waals surface area contributed by atoms with Gasteiger partial charge in [0.05, 0.1) is 4.47 Å². The number of aromatic nitrogens is 1. The monoisotopic (exact) mass is 336 g/mol. The number of aliphatic carboxylic acids is 1. The van der Waals surface area contributed by atoms with E-state index < -0.39 is 5.97 Å². The molecule has 3 rings (SSSR count). The van der Waals surface area contributed by atoms with E-state index in [1.165, 1.54) is 4.90 Å². The summed E-state index contributed by atoms with van der Waals surface area (Å²) in [6.07, 6.45) is 1.74. The summed E-state index contributed by atoms with van der Waals surface area (Å²) in [5.41, 5.74) is 1.27. The Balaban J connectivity index is 1.98. The van der Waals surface area contributed by atoms with Crippen LogP contribution in [0.4, 0.5) is 0 Å². The lowest BCUT2D eigenvalue weighted by atomic mass is 10.2. The molecule has 2 N–H and O–H groups in total. The van der Waals surface area contributed by atoms with Crippen LogP contribution in [0.1, 0.15) is 23.3 Å². The van der Waals surface area contributed by atoms with E-state index in [0.717, 1.165) is 23.7 Å². The number of hydrogen-bond acceptors (Lipinski definition) is 2. The molecule has 2 aromatic rings. The molecule has 0 atom stereocenters. The number of carbonyl (C=O) groups excluding carboxylic acids is 1. The minimum Gasteiger partial charge on any atom is -0.480 e. The van der Waals surface area contributed by atoms with Gasteiger partial charge in [-0.1, -0.05) is 18.2 Å². The summed E-state index contributed by atoms with van der Waals surface area (Å²) < 4.78 is 0.689. The summed E-state index contributed by atoms with van der Waals surface area (Å²) in [5, 5.41) is 9.87. The number of nitrogens with one attached hydrogen (secondary N) is 1. The largest absolute Gasteiger partial charge is 0.480 e. The Bertz CT molecular complexity index is 691. The number of amides is 1. The van der Waals surface area contributed by atoms with Gasteiger partial charge < -0.3 is 15.0 Å². The van der Waals surface area contributed by atoms with E-state index in [1.807, 2.05) is 24.3 Å². The van der Waals surface area contributed by atoms with Crippen molar-refractivity contribution < 1.29 is 14.7 Å². The maximum absolute atomic E-state index is 12.6. The first kappa shape index (κ1) is 13.2. The number of nitrogens with zero attached hydrogens (tertiary/aromatic N) is 1.